The van der Waals surface area contributed by atoms with Crippen LogP contribution in [0, 0.1) is 11.3 Å². The van der Waals surface area contributed by atoms with Crippen molar-refractivity contribution in [3.63, 3.8) is 0 Å². The number of carbonyl (C=O) groups excluding carboxylic acids is 1. The van der Waals surface area contributed by atoms with Gasteiger partial charge in [0.2, 0.25) is 0 Å². The van der Waals surface area contributed by atoms with Crippen LogP contribution in [0.25, 0.3) is 0 Å². The molecule has 0 radical (unpaired) electrons. The number of hydrogen-bond donors (Lipinski definition) is 1. The zero-order chi connectivity index (χ0) is 14.0. The summed E-state index contributed by atoms with van der Waals surface area (Å²) in [4.78, 5) is 12.2. The largest absolute Gasteiger partial charge is 0.465 e. The summed E-state index contributed by atoms with van der Waals surface area (Å²) >= 11 is 0. The van der Waals surface area contributed by atoms with Crippen molar-refractivity contribution in [2.45, 2.75) is 38.6 Å². The third-order valence-corrected chi connectivity index (χ3v) is 4.65. The van der Waals surface area contributed by atoms with Crippen molar-refractivity contribution in [2.75, 3.05) is 13.2 Å². The van der Waals surface area contributed by atoms with Crippen molar-refractivity contribution in [3.8, 4) is 0 Å². The molecule has 1 N–H and O–H groups in total. The Bertz CT molecular complexity index is 463. The van der Waals surface area contributed by atoms with E-state index in [4.69, 9.17) is 4.74 Å². The summed E-state index contributed by atoms with van der Waals surface area (Å²) in [5, 5.41) is 3.47. The number of carbonyl (C=O) groups is 1. The predicted molar refractivity (Wildman–Crippen MR) is 78.2 cm³/mol. The summed E-state index contributed by atoms with van der Waals surface area (Å²) in [6.07, 6.45) is 5.37. The van der Waals surface area contributed by atoms with E-state index in [-0.39, 0.29) is 12.0 Å². The van der Waals surface area contributed by atoms with Crippen molar-refractivity contribution in [1.29, 1.82) is 0 Å². The third kappa shape index (κ3) is 2.88. The van der Waals surface area contributed by atoms with Gasteiger partial charge < -0.3 is 10.1 Å². The molecule has 0 heterocycles. The Kier molecular flexibility index (Phi) is 3.79. The molecule has 1 aromatic carbocycles. The van der Waals surface area contributed by atoms with Gasteiger partial charge in [0.25, 0.3) is 0 Å². The van der Waals surface area contributed by atoms with Crippen LogP contribution < -0.4 is 5.32 Å². The molecule has 0 aliphatic heterocycles. The molecular weight excluding hydrogens is 250 g/mol. The van der Waals surface area contributed by atoms with Crippen molar-refractivity contribution in [1.82, 2.24) is 5.32 Å². The second-order valence-electron chi connectivity index (χ2n) is 6.11. The van der Waals surface area contributed by atoms with Gasteiger partial charge in [0, 0.05) is 6.54 Å². The van der Waals surface area contributed by atoms with E-state index in [0.717, 1.165) is 18.0 Å². The number of hydrogen-bond acceptors (Lipinski definition) is 3. The first-order chi connectivity index (χ1) is 9.75. The molecule has 3 nitrogen and oxygen atoms in total. The molecule has 0 amide bonds. The van der Waals surface area contributed by atoms with Crippen LogP contribution in [-0.2, 0) is 9.53 Å². The Morgan fingerprint density at radius 2 is 2.05 bits per heavy atom. The lowest BCUT2D eigenvalue weighted by atomic mass is 9.99. The molecule has 3 rings (SSSR count). The van der Waals surface area contributed by atoms with Crippen LogP contribution in [0.4, 0.5) is 0 Å². The number of ether oxygens (including phenoxy) is 1. The Hall–Kier alpha value is -1.35. The summed E-state index contributed by atoms with van der Waals surface area (Å²) in [5.41, 5.74) is 1.48. The van der Waals surface area contributed by atoms with Crippen LogP contribution in [-0.4, -0.2) is 19.1 Å². The molecule has 1 aromatic rings. The summed E-state index contributed by atoms with van der Waals surface area (Å²) in [5.74, 6) is 0.735. The van der Waals surface area contributed by atoms with Crippen LogP contribution >= 0.6 is 0 Å². The Morgan fingerprint density at radius 1 is 1.35 bits per heavy atom. The molecule has 0 spiro atoms. The normalized spacial score (nSPS) is 21.2. The monoisotopic (exact) mass is 273 g/mol. The first kappa shape index (κ1) is 13.6. The second-order valence-corrected chi connectivity index (χ2v) is 6.11. The summed E-state index contributed by atoms with van der Waals surface area (Å²) < 4.78 is 5.22. The molecule has 2 fully saturated rings. The highest BCUT2D eigenvalue weighted by Gasteiger charge is 2.53. The van der Waals surface area contributed by atoms with E-state index in [9.17, 15) is 4.79 Å². The van der Waals surface area contributed by atoms with Crippen LogP contribution in [0.5, 0.6) is 0 Å². The molecule has 0 aromatic heterocycles. The minimum absolute atomic E-state index is 0.162. The molecule has 2 saturated carbocycles. The van der Waals surface area contributed by atoms with Gasteiger partial charge in [0.15, 0.2) is 0 Å². The van der Waals surface area contributed by atoms with Crippen molar-refractivity contribution >= 4 is 5.97 Å². The highest BCUT2D eigenvalue weighted by atomic mass is 16.5. The number of benzene rings is 1. The van der Waals surface area contributed by atoms with Crippen molar-refractivity contribution < 1.29 is 9.53 Å². The molecule has 0 saturated heterocycles. The SMILES string of the molecule is CCOC(=O)C(NCC1(C2CC2)CC1)c1ccccc1. The topological polar surface area (TPSA) is 38.3 Å². The standard InChI is InChI=1S/C17H23NO2/c1-2-20-16(19)15(13-6-4-3-5-7-13)18-12-17(10-11-17)14-8-9-14/h3-7,14-15,18H,2,8-12H2,1H3. The number of nitrogens with one attached hydrogen (secondary N) is 1. The maximum atomic E-state index is 12.2. The van der Waals surface area contributed by atoms with Crippen LogP contribution in [0.3, 0.4) is 0 Å². The first-order valence-electron chi connectivity index (χ1n) is 7.70. The molecule has 0 bridgehead atoms. The molecule has 20 heavy (non-hydrogen) atoms. The molecule has 1 unspecified atom stereocenters. The highest BCUT2D eigenvalue weighted by Crippen LogP contribution is 2.60. The zero-order valence-corrected chi connectivity index (χ0v) is 12.1. The van der Waals surface area contributed by atoms with Gasteiger partial charge in [0.05, 0.1) is 6.61 Å². The van der Waals surface area contributed by atoms with Gasteiger partial charge >= 0.3 is 5.97 Å². The molecule has 2 aliphatic carbocycles. The number of esters is 1. The van der Waals surface area contributed by atoms with Gasteiger partial charge in [-0.05, 0) is 49.5 Å². The van der Waals surface area contributed by atoms with E-state index in [1.807, 2.05) is 37.3 Å². The predicted octanol–water partition coefficient (Wildman–Crippen LogP) is 3.07. The quantitative estimate of drug-likeness (QED) is 0.776. The maximum absolute atomic E-state index is 12.2. The zero-order valence-electron chi connectivity index (χ0n) is 12.1. The Labute approximate surface area is 120 Å². The average Bonchev–Trinajstić information content (AvgIpc) is 3.34. The van der Waals surface area contributed by atoms with Gasteiger partial charge in [-0.2, -0.15) is 0 Å². The van der Waals surface area contributed by atoms with E-state index in [0.29, 0.717) is 12.0 Å². The maximum Gasteiger partial charge on any atom is 0.327 e. The fourth-order valence-electron chi connectivity index (χ4n) is 3.10. The smallest absolute Gasteiger partial charge is 0.327 e. The Morgan fingerprint density at radius 3 is 2.60 bits per heavy atom. The second kappa shape index (κ2) is 5.57. The Balaban J connectivity index is 1.67. The van der Waals surface area contributed by atoms with E-state index >= 15 is 0 Å². The van der Waals surface area contributed by atoms with Crippen LogP contribution in [0.1, 0.15) is 44.2 Å². The van der Waals surface area contributed by atoms with Gasteiger partial charge in [-0.3, -0.25) is 0 Å². The van der Waals surface area contributed by atoms with Crippen LogP contribution in [0.15, 0.2) is 30.3 Å². The van der Waals surface area contributed by atoms with Gasteiger partial charge in [0.1, 0.15) is 6.04 Å². The van der Waals surface area contributed by atoms with E-state index < -0.39 is 0 Å². The fraction of sp³-hybridized carbons (Fsp3) is 0.588. The number of rotatable bonds is 7. The first-order valence-corrected chi connectivity index (χ1v) is 7.70. The molecule has 3 heteroatoms. The highest BCUT2D eigenvalue weighted by molar-refractivity contribution is 5.77. The summed E-state index contributed by atoms with van der Waals surface area (Å²) in [7, 11) is 0. The van der Waals surface area contributed by atoms with Crippen LogP contribution in [0.2, 0.25) is 0 Å². The lowest BCUT2D eigenvalue weighted by Crippen LogP contribution is -2.35. The molecule has 108 valence electrons. The van der Waals surface area contributed by atoms with Gasteiger partial charge in [-0.1, -0.05) is 30.3 Å². The minimum atomic E-state index is -0.327. The lowest BCUT2D eigenvalue weighted by molar-refractivity contribution is -0.146. The van der Waals surface area contributed by atoms with E-state index in [1.165, 1.54) is 25.7 Å². The minimum Gasteiger partial charge on any atom is -0.465 e. The van der Waals surface area contributed by atoms with E-state index in [1.54, 1.807) is 0 Å². The van der Waals surface area contributed by atoms with Gasteiger partial charge in [-0.25, -0.2) is 4.79 Å². The lowest BCUT2D eigenvalue weighted by Gasteiger charge is -2.22. The van der Waals surface area contributed by atoms with Crippen molar-refractivity contribution in [2.24, 2.45) is 11.3 Å². The summed E-state index contributed by atoms with van der Waals surface area (Å²) in [6.45, 7) is 3.22. The van der Waals surface area contributed by atoms with Gasteiger partial charge in [-0.15, -0.1) is 0 Å². The fourth-order valence-corrected chi connectivity index (χ4v) is 3.10. The average molecular weight is 273 g/mol. The molecule has 2 aliphatic rings. The van der Waals surface area contributed by atoms with Crippen molar-refractivity contribution in [3.05, 3.63) is 35.9 Å². The molecule has 1 atom stereocenters. The molecular formula is C17H23NO2. The third-order valence-electron chi connectivity index (χ3n) is 4.65. The summed E-state index contributed by atoms with van der Waals surface area (Å²) in [6, 6.07) is 9.57. The van der Waals surface area contributed by atoms with E-state index in [2.05, 4.69) is 5.32 Å².